The summed E-state index contributed by atoms with van der Waals surface area (Å²) in [6, 6.07) is 3.22. The third kappa shape index (κ3) is 1.35. The lowest BCUT2D eigenvalue weighted by Crippen LogP contribution is -2.26. The van der Waals surface area contributed by atoms with Gasteiger partial charge in [-0.05, 0) is 12.1 Å². The highest BCUT2D eigenvalue weighted by Gasteiger charge is 1.98. The van der Waals surface area contributed by atoms with Crippen molar-refractivity contribution in [3.05, 3.63) is 24.5 Å². The standard InChI is InChI=1S/C6H8N2O2/c1-10-7-6(9)8-4-2-3-5-8/h2-5H,1H3,(H,7,9). The van der Waals surface area contributed by atoms with Crippen LogP contribution in [-0.2, 0) is 4.84 Å². The van der Waals surface area contributed by atoms with Crippen LogP contribution in [0.15, 0.2) is 24.5 Å². The third-order valence-electron chi connectivity index (χ3n) is 1.03. The molecular weight excluding hydrogens is 132 g/mol. The molecule has 54 valence electrons. The van der Waals surface area contributed by atoms with E-state index in [-0.39, 0.29) is 6.03 Å². The summed E-state index contributed by atoms with van der Waals surface area (Å²) in [6.45, 7) is 0. The molecule has 0 fully saturated rings. The monoisotopic (exact) mass is 140 g/mol. The van der Waals surface area contributed by atoms with E-state index in [0.29, 0.717) is 0 Å². The predicted molar refractivity (Wildman–Crippen MR) is 35.4 cm³/mol. The molecule has 0 radical (unpaired) electrons. The summed E-state index contributed by atoms with van der Waals surface area (Å²) in [4.78, 5) is 15.2. The van der Waals surface area contributed by atoms with Crippen molar-refractivity contribution in [1.29, 1.82) is 0 Å². The van der Waals surface area contributed by atoms with Gasteiger partial charge in [-0.3, -0.25) is 9.40 Å². The number of carbonyl (C=O) groups is 1. The first-order chi connectivity index (χ1) is 4.84. The SMILES string of the molecule is CONC(=O)n1cccc1. The molecule has 0 bridgehead atoms. The summed E-state index contributed by atoms with van der Waals surface area (Å²) < 4.78 is 1.38. The summed E-state index contributed by atoms with van der Waals surface area (Å²) in [5, 5.41) is 0. The van der Waals surface area contributed by atoms with Crippen LogP contribution in [0, 0.1) is 0 Å². The molecule has 0 aliphatic heterocycles. The first-order valence-corrected chi connectivity index (χ1v) is 2.81. The van der Waals surface area contributed by atoms with Crippen molar-refractivity contribution in [2.75, 3.05) is 7.11 Å². The molecule has 0 spiro atoms. The Balaban J connectivity index is 2.59. The average molecular weight is 140 g/mol. The van der Waals surface area contributed by atoms with Crippen LogP contribution in [0.5, 0.6) is 0 Å². The lowest BCUT2D eigenvalue weighted by Gasteiger charge is -2.00. The predicted octanol–water partition coefficient (Wildman–Crippen LogP) is 0.607. The van der Waals surface area contributed by atoms with Crippen molar-refractivity contribution >= 4 is 6.03 Å². The Morgan fingerprint density at radius 3 is 2.60 bits per heavy atom. The van der Waals surface area contributed by atoms with Crippen LogP contribution in [0.3, 0.4) is 0 Å². The quantitative estimate of drug-likeness (QED) is 0.580. The van der Waals surface area contributed by atoms with Gasteiger partial charge in [0, 0.05) is 12.4 Å². The maximum absolute atomic E-state index is 10.8. The van der Waals surface area contributed by atoms with Crippen LogP contribution in [0.4, 0.5) is 4.79 Å². The van der Waals surface area contributed by atoms with Crippen molar-refractivity contribution in [2.24, 2.45) is 0 Å². The second kappa shape index (κ2) is 3.03. The largest absolute Gasteiger partial charge is 0.349 e. The Hall–Kier alpha value is -1.29. The van der Waals surface area contributed by atoms with Gasteiger partial charge in [0.2, 0.25) is 0 Å². The topological polar surface area (TPSA) is 43.3 Å². The fourth-order valence-corrected chi connectivity index (χ4v) is 0.610. The summed E-state index contributed by atoms with van der Waals surface area (Å²) >= 11 is 0. The highest BCUT2D eigenvalue weighted by Crippen LogP contribution is 1.87. The molecule has 1 amide bonds. The molecule has 4 nitrogen and oxygen atoms in total. The molecule has 0 saturated carbocycles. The van der Waals surface area contributed by atoms with Gasteiger partial charge in [-0.15, -0.1) is 0 Å². The number of hydrogen-bond acceptors (Lipinski definition) is 2. The van der Waals surface area contributed by atoms with Crippen LogP contribution in [0.1, 0.15) is 0 Å². The minimum Gasteiger partial charge on any atom is -0.275 e. The Kier molecular flexibility index (Phi) is 2.07. The zero-order chi connectivity index (χ0) is 7.40. The molecule has 1 N–H and O–H groups in total. The van der Waals surface area contributed by atoms with Gasteiger partial charge in [0.1, 0.15) is 0 Å². The molecule has 1 heterocycles. The van der Waals surface area contributed by atoms with E-state index in [9.17, 15) is 4.79 Å². The van der Waals surface area contributed by atoms with E-state index < -0.39 is 0 Å². The summed E-state index contributed by atoms with van der Waals surface area (Å²) in [6.07, 6.45) is 3.27. The van der Waals surface area contributed by atoms with Crippen molar-refractivity contribution < 1.29 is 9.63 Å². The first kappa shape index (κ1) is 6.82. The second-order valence-electron chi connectivity index (χ2n) is 1.70. The highest BCUT2D eigenvalue weighted by molar-refractivity contribution is 5.75. The summed E-state index contributed by atoms with van der Waals surface area (Å²) in [7, 11) is 1.39. The van der Waals surface area contributed by atoms with Gasteiger partial charge < -0.3 is 0 Å². The highest BCUT2D eigenvalue weighted by atomic mass is 16.6. The van der Waals surface area contributed by atoms with Gasteiger partial charge in [-0.2, -0.15) is 0 Å². The van der Waals surface area contributed by atoms with E-state index >= 15 is 0 Å². The lowest BCUT2D eigenvalue weighted by molar-refractivity contribution is 0.108. The van der Waals surface area contributed by atoms with Gasteiger partial charge in [-0.25, -0.2) is 10.3 Å². The number of rotatable bonds is 1. The number of amides is 1. The van der Waals surface area contributed by atoms with Crippen molar-refractivity contribution in [3.63, 3.8) is 0 Å². The normalized spacial score (nSPS) is 9.30. The Labute approximate surface area is 58.4 Å². The molecule has 0 aromatic carbocycles. The zero-order valence-corrected chi connectivity index (χ0v) is 5.57. The molecule has 1 aromatic heterocycles. The fraction of sp³-hybridized carbons (Fsp3) is 0.167. The van der Waals surface area contributed by atoms with E-state index in [1.807, 2.05) is 0 Å². The van der Waals surface area contributed by atoms with Gasteiger partial charge >= 0.3 is 6.03 Å². The molecule has 0 saturated heterocycles. The van der Waals surface area contributed by atoms with E-state index in [4.69, 9.17) is 0 Å². The van der Waals surface area contributed by atoms with Gasteiger partial charge in [0.15, 0.2) is 0 Å². The maximum Gasteiger partial charge on any atom is 0.349 e. The second-order valence-corrected chi connectivity index (χ2v) is 1.70. The average Bonchev–Trinajstić information content (AvgIpc) is 2.38. The van der Waals surface area contributed by atoms with Crippen LogP contribution >= 0.6 is 0 Å². The first-order valence-electron chi connectivity index (χ1n) is 2.81. The Bertz CT molecular complexity index is 206. The lowest BCUT2D eigenvalue weighted by atomic mass is 10.7. The van der Waals surface area contributed by atoms with Crippen LogP contribution in [-0.4, -0.2) is 17.7 Å². The number of hydroxylamine groups is 1. The Morgan fingerprint density at radius 2 is 2.10 bits per heavy atom. The number of hydrogen-bond donors (Lipinski definition) is 1. The van der Waals surface area contributed by atoms with Gasteiger partial charge in [-0.1, -0.05) is 0 Å². The number of nitrogens with one attached hydrogen (secondary N) is 1. The fourth-order valence-electron chi connectivity index (χ4n) is 0.610. The molecule has 0 aliphatic rings. The molecule has 10 heavy (non-hydrogen) atoms. The van der Waals surface area contributed by atoms with Crippen molar-refractivity contribution in [1.82, 2.24) is 10.0 Å². The number of nitrogens with zero attached hydrogens (tertiary/aromatic N) is 1. The summed E-state index contributed by atoms with van der Waals surface area (Å²) in [5.41, 5.74) is 2.17. The molecule has 1 rings (SSSR count). The number of carbonyl (C=O) groups excluding carboxylic acids is 1. The molecule has 4 heteroatoms. The van der Waals surface area contributed by atoms with Gasteiger partial charge in [0.25, 0.3) is 0 Å². The smallest absolute Gasteiger partial charge is 0.275 e. The minimum atomic E-state index is -0.299. The summed E-state index contributed by atoms with van der Waals surface area (Å²) in [5.74, 6) is 0. The molecule has 0 aliphatic carbocycles. The van der Waals surface area contributed by atoms with Crippen molar-refractivity contribution in [3.8, 4) is 0 Å². The molecular formula is C6H8N2O2. The van der Waals surface area contributed by atoms with E-state index in [1.54, 1.807) is 24.5 Å². The van der Waals surface area contributed by atoms with Gasteiger partial charge in [0.05, 0.1) is 7.11 Å². The maximum atomic E-state index is 10.8. The zero-order valence-electron chi connectivity index (χ0n) is 5.57. The van der Waals surface area contributed by atoms with Crippen molar-refractivity contribution in [2.45, 2.75) is 0 Å². The van der Waals surface area contributed by atoms with E-state index in [2.05, 4.69) is 10.3 Å². The minimum absolute atomic E-state index is 0.299. The third-order valence-corrected chi connectivity index (χ3v) is 1.03. The molecule has 1 aromatic rings. The van der Waals surface area contributed by atoms with Crippen LogP contribution in [0.2, 0.25) is 0 Å². The number of aromatic nitrogens is 1. The van der Waals surface area contributed by atoms with Crippen LogP contribution in [0.25, 0.3) is 0 Å². The van der Waals surface area contributed by atoms with E-state index in [0.717, 1.165) is 0 Å². The van der Waals surface area contributed by atoms with E-state index in [1.165, 1.54) is 11.7 Å². The molecule has 0 atom stereocenters. The Morgan fingerprint density at radius 1 is 1.50 bits per heavy atom. The molecule has 0 unspecified atom stereocenters. The van der Waals surface area contributed by atoms with Crippen LogP contribution < -0.4 is 5.48 Å².